The summed E-state index contributed by atoms with van der Waals surface area (Å²) in [6.07, 6.45) is 6.07. The van der Waals surface area contributed by atoms with E-state index in [1.807, 2.05) is 4.90 Å². The molecule has 0 aromatic carbocycles. The van der Waals surface area contributed by atoms with Crippen LogP contribution in [0.2, 0.25) is 0 Å². The van der Waals surface area contributed by atoms with Gasteiger partial charge in [-0.25, -0.2) is 4.98 Å². The summed E-state index contributed by atoms with van der Waals surface area (Å²) in [6, 6.07) is 0.242. The van der Waals surface area contributed by atoms with Gasteiger partial charge in [-0.1, -0.05) is 0 Å². The molecule has 1 aromatic heterocycles. The van der Waals surface area contributed by atoms with Gasteiger partial charge in [-0.15, -0.1) is 0 Å². The third kappa shape index (κ3) is 6.47. The maximum Gasteiger partial charge on any atom is 0.421 e. The van der Waals surface area contributed by atoms with Crippen LogP contribution in [0.4, 0.5) is 24.9 Å². The SMILES string of the molecule is O=C1CN2CCC(CC2)N1CCCNc1nc(NC2(CCC3CCOCC3)CCC2)ncc1C(F)(F)F. The number of aromatic nitrogens is 2. The molecule has 1 aromatic rings. The summed E-state index contributed by atoms with van der Waals surface area (Å²) in [4.78, 5) is 25.0. The molecule has 6 rings (SSSR count). The molecule has 11 heteroatoms. The number of piperidine rings is 1. The van der Waals surface area contributed by atoms with Gasteiger partial charge in [0.15, 0.2) is 0 Å². The third-order valence-electron chi connectivity index (χ3n) is 8.70. The van der Waals surface area contributed by atoms with Crippen molar-refractivity contribution in [1.82, 2.24) is 19.8 Å². The number of alkyl halides is 3. The minimum atomic E-state index is -4.55. The van der Waals surface area contributed by atoms with Crippen molar-refractivity contribution < 1.29 is 22.7 Å². The molecule has 1 saturated carbocycles. The van der Waals surface area contributed by atoms with Gasteiger partial charge in [-0.3, -0.25) is 9.69 Å². The molecule has 2 N–H and O–H groups in total. The van der Waals surface area contributed by atoms with E-state index in [9.17, 15) is 18.0 Å². The number of nitrogens with one attached hydrogen (secondary N) is 2. The molecule has 5 heterocycles. The average Bonchev–Trinajstić information content (AvgIpc) is 3.10. The fourth-order valence-corrected chi connectivity index (χ4v) is 6.22. The van der Waals surface area contributed by atoms with Crippen LogP contribution in [-0.4, -0.2) is 83.2 Å². The molecule has 5 aliphatic rings. The molecule has 0 unspecified atom stereocenters. The van der Waals surface area contributed by atoms with Gasteiger partial charge in [0.25, 0.3) is 0 Å². The Balaban J connectivity index is 1.20. The predicted octanol–water partition coefficient (Wildman–Crippen LogP) is 4.15. The number of amides is 1. The van der Waals surface area contributed by atoms with Gasteiger partial charge < -0.3 is 20.3 Å². The molecule has 0 atom stereocenters. The molecule has 206 valence electrons. The summed E-state index contributed by atoms with van der Waals surface area (Å²) in [5.41, 5.74) is -1.00. The van der Waals surface area contributed by atoms with Gasteiger partial charge in [-0.2, -0.15) is 18.2 Å². The largest absolute Gasteiger partial charge is 0.421 e. The van der Waals surface area contributed by atoms with Crippen LogP contribution in [0.5, 0.6) is 0 Å². The molecule has 1 amide bonds. The molecule has 8 nitrogen and oxygen atoms in total. The maximum absolute atomic E-state index is 13.7. The zero-order chi connectivity index (χ0) is 25.9. The Kier molecular flexibility index (Phi) is 8.09. The lowest BCUT2D eigenvalue weighted by Crippen LogP contribution is -2.46. The van der Waals surface area contributed by atoms with Crippen LogP contribution in [0.15, 0.2) is 6.20 Å². The van der Waals surface area contributed by atoms with Crippen molar-refractivity contribution in [3.05, 3.63) is 11.8 Å². The Morgan fingerprint density at radius 2 is 1.89 bits per heavy atom. The van der Waals surface area contributed by atoms with E-state index in [0.717, 1.165) is 90.3 Å². The Bertz CT molecular complexity index is 927. The number of ether oxygens (including phenoxy) is 1. The van der Waals surface area contributed by atoms with Crippen LogP contribution < -0.4 is 10.6 Å². The smallest absolute Gasteiger partial charge is 0.381 e. The van der Waals surface area contributed by atoms with Crippen molar-refractivity contribution in [3.8, 4) is 0 Å². The Morgan fingerprint density at radius 1 is 1.14 bits per heavy atom. The van der Waals surface area contributed by atoms with Crippen LogP contribution in [0.3, 0.4) is 0 Å². The summed E-state index contributed by atoms with van der Waals surface area (Å²) in [7, 11) is 0. The van der Waals surface area contributed by atoms with Crippen LogP contribution in [-0.2, 0) is 15.7 Å². The standard InChI is InChI=1S/C26H39F3N6O2/c27-26(28,29)21-17-31-24(33-25(8-1-9-25)10-3-19-6-15-37-16-7-19)32-23(21)30-11-2-12-35-20-4-13-34(14-5-20)18-22(35)36/h17,19-20H,1-16,18H2,(H2,30,31,32,33). The number of carbonyl (C=O) groups is 1. The maximum atomic E-state index is 13.7. The monoisotopic (exact) mass is 524 g/mol. The zero-order valence-corrected chi connectivity index (χ0v) is 21.5. The average molecular weight is 525 g/mol. The third-order valence-corrected chi connectivity index (χ3v) is 8.70. The minimum Gasteiger partial charge on any atom is -0.381 e. The summed E-state index contributed by atoms with van der Waals surface area (Å²) >= 11 is 0. The van der Waals surface area contributed by atoms with Crippen LogP contribution in [0, 0.1) is 5.92 Å². The highest BCUT2D eigenvalue weighted by molar-refractivity contribution is 5.79. The van der Waals surface area contributed by atoms with Gasteiger partial charge in [0.1, 0.15) is 11.4 Å². The van der Waals surface area contributed by atoms with E-state index in [2.05, 4.69) is 25.5 Å². The summed E-state index contributed by atoms with van der Waals surface area (Å²) in [6.45, 7) is 4.78. The van der Waals surface area contributed by atoms with E-state index in [0.29, 0.717) is 32.0 Å². The second-order valence-corrected chi connectivity index (χ2v) is 11.2. The van der Waals surface area contributed by atoms with Crippen molar-refractivity contribution in [3.63, 3.8) is 0 Å². The normalized spacial score (nSPS) is 26.0. The summed E-state index contributed by atoms with van der Waals surface area (Å²) in [5.74, 6) is 0.812. The highest BCUT2D eigenvalue weighted by Crippen LogP contribution is 2.41. The fourth-order valence-electron chi connectivity index (χ4n) is 6.22. The molecule has 0 spiro atoms. The van der Waals surface area contributed by atoms with Crippen molar-refractivity contribution in [2.24, 2.45) is 5.92 Å². The van der Waals surface area contributed by atoms with Gasteiger partial charge in [0.2, 0.25) is 11.9 Å². The lowest BCUT2D eigenvalue weighted by molar-refractivity contribution is -0.137. The van der Waals surface area contributed by atoms with Crippen molar-refractivity contribution in [1.29, 1.82) is 0 Å². The summed E-state index contributed by atoms with van der Waals surface area (Å²) < 4.78 is 46.6. The Hall–Kier alpha value is -2.14. The molecule has 0 radical (unpaired) electrons. The first-order chi connectivity index (χ1) is 17.8. The highest BCUT2D eigenvalue weighted by Gasteiger charge is 2.39. The van der Waals surface area contributed by atoms with E-state index in [1.165, 1.54) is 0 Å². The van der Waals surface area contributed by atoms with Crippen LogP contribution >= 0.6 is 0 Å². The number of rotatable bonds is 10. The first kappa shape index (κ1) is 26.5. The lowest BCUT2D eigenvalue weighted by Gasteiger charge is -2.43. The number of nitrogens with zero attached hydrogens (tertiary/aromatic N) is 4. The summed E-state index contributed by atoms with van der Waals surface area (Å²) in [5, 5.41) is 6.31. The van der Waals surface area contributed by atoms with E-state index in [1.54, 1.807) is 0 Å². The molecular formula is C26H39F3N6O2. The second-order valence-electron chi connectivity index (χ2n) is 11.2. The number of halogens is 3. The topological polar surface area (TPSA) is 82.6 Å². The molecule has 1 aliphatic carbocycles. The van der Waals surface area contributed by atoms with Gasteiger partial charge in [0, 0.05) is 57.2 Å². The molecular weight excluding hydrogens is 485 g/mol. The van der Waals surface area contributed by atoms with E-state index < -0.39 is 11.7 Å². The van der Waals surface area contributed by atoms with E-state index >= 15 is 0 Å². The van der Waals surface area contributed by atoms with E-state index in [4.69, 9.17) is 4.74 Å². The number of hydrogen-bond acceptors (Lipinski definition) is 7. The van der Waals surface area contributed by atoms with Crippen molar-refractivity contribution >= 4 is 17.7 Å². The highest BCUT2D eigenvalue weighted by atomic mass is 19.4. The molecule has 37 heavy (non-hydrogen) atoms. The van der Waals surface area contributed by atoms with Crippen LogP contribution in [0.1, 0.15) is 69.8 Å². The number of carbonyl (C=O) groups excluding carboxylic acids is 1. The number of fused-ring (bicyclic) bond motifs is 4. The Morgan fingerprint density at radius 3 is 2.57 bits per heavy atom. The van der Waals surface area contributed by atoms with Gasteiger partial charge in [0.05, 0.1) is 6.54 Å². The number of anilines is 2. The predicted molar refractivity (Wildman–Crippen MR) is 134 cm³/mol. The fraction of sp³-hybridized carbons (Fsp3) is 0.808. The Labute approximate surface area is 216 Å². The minimum absolute atomic E-state index is 0.121. The van der Waals surface area contributed by atoms with Crippen molar-refractivity contribution in [2.45, 2.75) is 82.0 Å². The number of hydrogen-bond donors (Lipinski definition) is 2. The molecule has 4 saturated heterocycles. The zero-order valence-electron chi connectivity index (χ0n) is 21.5. The van der Waals surface area contributed by atoms with Crippen molar-refractivity contribution in [2.75, 3.05) is 56.6 Å². The first-order valence-electron chi connectivity index (χ1n) is 13.9. The second kappa shape index (κ2) is 11.3. The van der Waals surface area contributed by atoms with Gasteiger partial charge >= 0.3 is 6.18 Å². The lowest BCUT2D eigenvalue weighted by atomic mass is 9.72. The first-order valence-corrected chi connectivity index (χ1v) is 13.9. The molecule has 2 bridgehead atoms. The van der Waals surface area contributed by atoms with Gasteiger partial charge in [-0.05, 0) is 70.1 Å². The molecule has 4 aliphatic heterocycles. The quantitative estimate of drug-likeness (QED) is 0.445. The van der Waals surface area contributed by atoms with Crippen LogP contribution in [0.25, 0.3) is 0 Å². The molecule has 5 fully saturated rings. The van der Waals surface area contributed by atoms with E-state index in [-0.39, 0.29) is 29.3 Å².